The van der Waals surface area contributed by atoms with Crippen molar-refractivity contribution in [3.05, 3.63) is 36.0 Å². The number of carboxylic acid groups (broad SMARTS) is 1. The summed E-state index contributed by atoms with van der Waals surface area (Å²) >= 11 is 1.47. The summed E-state index contributed by atoms with van der Waals surface area (Å²) in [5.74, 6) is -2.22. The van der Waals surface area contributed by atoms with Gasteiger partial charge in [0, 0.05) is 17.1 Å². The SMILES string of the molecule is CSCCC(NC(=O)C(CCCCN)NC(=O)C(CCCCN)NC(=O)C(N)Cc1c[nH]c2ccccc12)C(=O)O. The Morgan fingerprint density at radius 2 is 1.41 bits per heavy atom. The summed E-state index contributed by atoms with van der Waals surface area (Å²) in [6, 6.07) is 3.78. The maximum Gasteiger partial charge on any atom is 0.326 e. The van der Waals surface area contributed by atoms with Crippen LogP contribution in [-0.4, -0.2) is 83.0 Å². The summed E-state index contributed by atoms with van der Waals surface area (Å²) in [5.41, 5.74) is 19.3. The first-order valence-electron chi connectivity index (χ1n) is 14.0. The fourth-order valence-corrected chi connectivity index (χ4v) is 4.94. The minimum atomic E-state index is -1.14. The van der Waals surface area contributed by atoms with E-state index in [1.54, 1.807) is 0 Å². The van der Waals surface area contributed by atoms with Crippen LogP contribution in [0.3, 0.4) is 0 Å². The molecule has 0 saturated carbocycles. The number of nitrogens with one attached hydrogen (secondary N) is 4. The Hall–Kier alpha value is -3.13. The van der Waals surface area contributed by atoms with Crippen molar-refractivity contribution in [3.63, 3.8) is 0 Å². The molecule has 4 atom stereocenters. The number of amides is 3. The van der Waals surface area contributed by atoms with E-state index in [1.807, 2.05) is 36.7 Å². The van der Waals surface area contributed by atoms with Crippen LogP contribution < -0.4 is 33.2 Å². The van der Waals surface area contributed by atoms with Gasteiger partial charge in [-0.1, -0.05) is 18.2 Å². The summed E-state index contributed by atoms with van der Waals surface area (Å²) in [7, 11) is 0. The van der Waals surface area contributed by atoms with Crippen LogP contribution in [-0.2, 0) is 25.6 Å². The van der Waals surface area contributed by atoms with Gasteiger partial charge >= 0.3 is 5.97 Å². The Morgan fingerprint density at radius 1 is 0.854 bits per heavy atom. The molecule has 3 amide bonds. The largest absolute Gasteiger partial charge is 0.480 e. The van der Waals surface area contributed by atoms with E-state index in [1.165, 1.54) is 11.8 Å². The molecule has 0 aliphatic carbocycles. The number of hydrogen-bond acceptors (Lipinski definition) is 8. The molecule has 11 N–H and O–H groups in total. The second-order valence-corrected chi connectivity index (χ2v) is 11.0. The molecule has 1 aromatic heterocycles. The van der Waals surface area contributed by atoms with Crippen LogP contribution in [0.25, 0.3) is 10.9 Å². The zero-order valence-electron chi connectivity index (χ0n) is 23.7. The maximum atomic E-state index is 13.4. The maximum absolute atomic E-state index is 13.4. The van der Waals surface area contributed by atoms with Gasteiger partial charge in [-0.15, -0.1) is 0 Å². The van der Waals surface area contributed by atoms with Crippen LogP contribution in [0.1, 0.15) is 50.5 Å². The molecule has 4 unspecified atom stereocenters. The first-order valence-corrected chi connectivity index (χ1v) is 15.4. The molecule has 13 heteroatoms. The number of rotatable bonds is 20. The summed E-state index contributed by atoms with van der Waals surface area (Å²) in [5, 5.41) is 18.5. The number of hydrogen-bond donors (Lipinski definition) is 8. The van der Waals surface area contributed by atoms with Crippen molar-refractivity contribution in [2.24, 2.45) is 17.2 Å². The minimum Gasteiger partial charge on any atom is -0.480 e. The van der Waals surface area contributed by atoms with Crippen molar-refractivity contribution in [3.8, 4) is 0 Å². The monoisotopic (exact) mass is 591 g/mol. The zero-order valence-corrected chi connectivity index (χ0v) is 24.5. The fraction of sp³-hybridized carbons (Fsp3) is 0.571. The second-order valence-electron chi connectivity index (χ2n) is 10.0. The van der Waals surface area contributed by atoms with Crippen LogP contribution in [0.2, 0.25) is 0 Å². The minimum absolute atomic E-state index is 0.248. The van der Waals surface area contributed by atoms with E-state index >= 15 is 0 Å². The summed E-state index contributed by atoms with van der Waals surface area (Å²) in [4.78, 5) is 54.4. The number of aromatic nitrogens is 1. The highest BCUT2D eigenvalue weighted by Gasteiger charge is 2.30. The Bertz CT molecular complexity index is 1130. The van der Waals surface area contributed by atoms with Gasteiger partial charge in [-0.2, -0.15) is 11.8 Å². The predicted octanol–water partition coefficient (Wildman–Crippen LogP) is 0.588. The number of aliphatic carboxylic acids is 1. The van der Waals surface area contributed by atoms with Gasteiger partial charge in [0.2, 0.25) is 17.7 Å². The molecule has 2 rings (SSSR count). The molecule has 0 spiro atoms. The van der Waals surface area contributed by atoms with Gasteiger partial charge in [0.15, 0.2) is 0 Å². The topological polar surface area (TPSA) is 218 Å². The highest BCUT2D eigenvalue weighted by atomic mass is 32.2. The number of carboxylic acids is 1. The van der Waals surface area contributed by atoms with E-state index in [4.69, 9.17) is 17.2 Å². The van der Waals surface area contributed by atoms with Gasteiger partial charge in [0.25, 0.3) is 0 Å². The smallest absolute Gasteiger partial charge is 0.326 e. The molecular weight excluding hydrogens is 546 g/mol. The Labute approximate surface area is 245 Å². The number of thioether (sulfide) groups is 1. The third kappa shape index (κ3) is 11.3. The first-order chi connectivity index (χ1) is 19.7. The highest BCUT2D eigenvalue weighted by Crippen LogP contribution is 2.19. The number of aromatic amines is 1. The van der Waals surface area contributed by atoms with Crippen molar-refractivity contribution < 1.29 is 24.3 Å². The summed E-state index contributed by atoms with van der Waals surface area (Å²) in [6.45, 7) is 0.846. The van der Waals surface area contributed by atoms with E-state index in [9.17, 15) is 24.3 Å². The van der Waals surface area contributed by atoms with Crippen LogP contribution in [0.15, 0.2) is 30.5 Å². The quantitative estimate of drug-likeness (QED) is 0.101. The number of benzene rings is 1. The van der Waals surface area contributed by atoms with Crippen molar-refractivity contribution in [2.45, 2.75) is 75.5 Å². The lowest BCUT2D eigenvalue weighted by Gasteiger charge is -2.25. The average molecular weight is 592 g/mol. The van der Waals surface area contributed by atoms with Gasteiger partial charge in [0.05, 0.1) is 6.04 Å². The lowest BCUT2D eigenvalue weighted by atomic mass is 10.0. The first kappa shape index (κ1) is 34.1. The number of carbonyl (C=O) groups excluding carboxylic acids is 3. The van der Waals surface area contributed by atoms with Crippen LogP contribution >= 0.6 is 11.8 Å². The van der Waals surface area contributed by atoms with Crippen molar-refractivity contribution in [2.75, 3.05) is 25.1 Å². The molecule has 0 aliphatic heterocycles. The van der Waals surface area contributed by atoms with E-state index in [0.29, 0.717) is 50.9 Å². The summed E-state index contributed by atoms with van der Waals surface area (Å²) in [6.07, 6.45) is 7.17. The van der Waals surface area contributed by atoms with Crippen molar-refractivity contribution >= 4 is 46.4 Å². The molecular formula is C28H45N7O5S. The molecule has 12 nitrogen and oxygen atoms in total. The number of para-hydroxylation sites is 1. The van der Waals surface area contributed by atoms with Gasteiger partial charge in [0.1, 0.15) is 18.1 Å². The standard InChI is InChI=1S/C28H45N7O5S/c1-41-15-12-24(28(39)40)35-27(38)23(11-5-7-14-30)34-26(37)22(10-4-6-13-29)33-25(36)20(31)16-18-17-32-21-9-3-2-8-19(18)21/h2-3,8-9,17,20,22-24,32H,4-7,10-16,29-31H2,1H3,(H,33,36)(H,34,37)(H,35,38)(H,39,40). The van der Waals surface area contributed by atoms with E-state index in [0.717, 1.165) is 16.5 Å². The Morgan fingerprint density at radius 3 is 1.98 bits per heavy atom. The number of fused-ring (bicyclic) bond motifs is 1. The third-order valence-corrected chi connectivity index (χ3v) is 7.48. The number of nitrogens with two attached hydrogens (primary N) is 3. The molecule has 0 aliphatic rings. The Kier molecular flexibility index (Phi) is 15.2. The highest BCUT2D eigenvalue weighted by molar-refractivity contribution is 7.98. The van der Waals surface area contributed by atoms with E-state index < -0.39 is 47.9 Å². The second kappa shape index (κ2) is 18.3. The zero-order chi connectivity index (χ0) is 30.2. The molecule has 0 saturated heterocycles. The third-order valence-electron chi connectivity index (χ3n) is 6.84. The van der Waals surface area contributed by atoms with Gasteiger partial charge in [-0.3, -0.25) is 14.4 Å². The van der Waals surface area contributed by atoms with Crippen molar-refractivity contribution in [1.29, 1.82) is 0 Å². The number of H-pyrrole nitrogens is 1. The van der Waals surface area contributed by atoms with Crippen LogP contribution in [0, 0.1) is 0 Å². The van der Waals surface area contributed by atoms with Crippen LogP contribution in [0.5, 0.6) is 0 Å². The number of unbranched alkanes of at least 4 members (excludes halogenated alkanes) is 2. The van der Waals surface area contributed by atoms with Gasteiger partial charge in [-0.05, 0) is 88.1 Å². The van der Waals surface area contributed by atoms with Gasteiger partial charge in [-0.25, -0.2) is 4.79 Å². The Balaban J connectivity index is 2.13. The normalized spacial score (nSPS) is 14.1. The molecule has 2 aromatic rings. The van der Waals surface area contributed by atoms with Crippen molar-refractivity contribution in [1.82, 2.24) is 20.9 Å². The molecule has 228 valence electrons. The lowest BCUT2D eigenvalue weighted by molar-refractivity contribution is -0.142. The molecule has 0 radical (unpaired) electrons. The number of carbonyl (C=O) groups is 4. The lowest BCUT2D eigenvalue weighted by Crippen LogP contribution is -2.57. The molecule has 0 bridgehead atoms. The van der Waals surface area contributed by atoms with Crippen LogP contribution in [0.4, 0.5) is 0 Å². The average Bonchev–Trinajstić information content (AvgIpc) is 3.36. The predicted molar refractivity (Wildman–Crippen MR) is 162 cm³/mol. The molecule has 0 fully saturated rings. The molecule has 1 aromatic carbocycles. The fourth-order valence-electron chi connectivity index (χ4n) is 4.47. The summed E-state index contributed by atoms with van der Waals surface area (Å²) < 4.78 is 0. The van der Waals surface area contributed by atoms with E-state index in [2.05, 4.69) is 20.9 Å². The van der Waals surface area contributed by atoms with Gasteiger partial charge < -0.3 is 43.2 Å². The molecule has 1 heterocycles. The molecule has 41 heavy (non-hydrogen) atoms. The van der Waals surface area contributed by atoms with E-state index in [-0.39, 0.29) is 19.3 Å².